The van der Waals surface area contributed by atoms with Gasteiger partial charge >= 0.3 is 33.3 Å². The molecule has 0 fully saturated rings. The van der Waals surface area contributed by atoms with Crippen molar-refractivity contribution in [3.63, 3.8) is 0 Å². The molecule has 0 aliphatic heterocycles. The van der Waals surface area contributed by atoms with Crippen molar-refractivity contribution in [2.24, 2.45) is 9.98 Å². The Bertz CT molecular complexity index is 1620. The molecule has 0 aromatic heterocycles. The van der Waals surface area contributed by atoms with Gasteiger partial charge in [-0.25, -0.2) is 0 Å². The maximum atomic E-state index is 4.99. The number of aliphatic imine (C=N–C) groups is 2. The van der Waals surface area contributed by atoms with Crippen molar-refractivity contribution in [1.29, 1.82) is 0 Å². The molecule has 0 saturated carbocycles. The standard InChI is InChI=1S/C34H24N2.2ClH.Fe/c1-3-11-25(12-4-1)23-35-31-21-19-27-15-7-9-17-29(27)33(31)34-30-18-10-8-16-28(30)20-22-32(34)36-24-26-13-5-2-6-14-26;;;/h1-24H;2*1H;/q;;;+2/p-2. The van der Waals surface area contributed by atoms with E-state index in [1.54, 1.807) is 0 Å². The summed E-state index contributed by atoms with van der Waals surface area (Å²) >= 11 is 0.194. The zero-order valence-corrected chi connectivity index (χ0v) is 23.5. The van der Waals surface area contributed by atoms with Gasteiger partial charge < -0.3 is 0 Å². The molecule has 6 aromatic rings. The van der Waals surface area contributed by atoms with Gasteiger partial charge in [0, 0.05) is 23.6 Å². The second-order valence-electron chi connectivity index (χ2n) is 8.75. The van der Waals surface area contributed by atoms with Crippen LogP contribution < -0.4 is 0 Å². The van der Waals surface area contributed by atoms with E-state index < -0.39 is 0 Å². The van der Waals surface area contributed by atoms with Crippen LogP contribution in [-0.4, -0.2) is 12.4 Å². The van der Waals surface area contributed by atoms with E-state index in [-0.39, 0.29) is 13.1 Å². The second-order valence-corrected chi connectivity index (χ2v) is 10.6. The Morgan fingerprint density at radius 1 is 0.436 bits per heavy atom. The SMILES string of the molecule is C(=Nc1ccc2ccccc2c1-c1c(N=Cc2ccccc2)ccc2ccccc12)c1ccccc1.[Cl][Fe][Cl]. The van der Waals surface area contributed by atoms with Gasteiger partial charge in [0.1, 0.15) is 0 Å². The fraction of sp³-hybridized carbons (Fsp3) is 0. The number of nitrogens with zero attached hydrogens (tertiary/aromatic N) is 2. The fourth-order valence-corrected chi connectivity index (χ4v) is 4.63. The van der Waals surface area contributed by atoms with Crippen molar-refractivity contribution in [2.75, 3.05) is 0 Å². The van der Waals surface area contributed by atoms with Crippen LogP contribution in [0.5, 0.6) is 0 Å². The molecule has 0 N–H and O–H groups in total. The van der Waals surface area contributed by atoms with Gasteiger partial charge in [-0.05, 0) is 44.8 Å². The Hall–Kier alpha value is -3.72. The average Bonchev–Trinajstić information content (AvgIpc) is 3.00. The molecule has 0 unspecified atom stereocenters. The normalized spacial score (nSPS) is 11.3. The predicted octanol–water partition coefficient (Wildman–Crippen LogP) is 10.5. The third-order valence-corrected chi connectivity index (χ3v) is 6.37. The van der Waals surface area contributed by atoms with Crippen LogP contribution in [0.1, 0.15) is 11.1 Å². The summed E-state index contributed by atoms with van der Waals surface area (Å²) in [6, 6.07) is 46.0. The van der Waals surface area contributed by atoms with Crippen molar-refractivity contribution >= 4 is 65.5 Å². The number of fused-ring (bicyclic) bond motifs is 2. The van der Waals surface area contributed by atoms with E-state index in [9.17, 15) is 0 Å². The number of rotatable bonds is 5. The summed E-state index contributed by atoms with van der Waals surface area (Å²) in [6.45, 7) is 0. The maximum absolute atomic E-state index is 4.99. The topological polar surface area (TPSA) is 24.7 Å². The number of halogens is 2. The fourth-order valence-electron chi connectivity index (χ4n) is 4.63. The molecule has 2 nitrogen and oxygen atoms in total. The number of hydrogen-bond acceptors (Lipinski definition) is 2. The van der Waals surface area contributed by atoms with Gasteiger partial charge in [-0.1, -0.05) is 121 Å². The molecule has 0 aliphatic carbocycles. The van der Waals surface area contributed by atoms with Gasteiger partial charge in [0.15, 0.2) is 0 Å². The van der Waals surface area contributed by atoms with Crippen molar-refractivity contribution in [3.8, 4) is 11.1 Å². The first-order chi connectivity index (χ1) is 19.3. The van der Waals surface area contributed by atoms with Crippen molar-refractivity contribution < 1.29 is 13.1 Å². The van der Waals surface area contributed by atoms with E-state index in [0.29, 0.717) is 0 Å². The summed E-state index contributed by atoms with van der Waals surface area (Å²) in [4.78, 5) is 9.98. The van der Waals surface area contributed by atoms with E-state index in [4.69, 9.17) is 30.2 Å². The number of benzene rings is 6. The Morgan fingerprint density at radius 2 is 0.795 bits per heavy atom. The molecule has 0 bridgehead atoms. The van der Waals surface area contributed by atoms with Gasteiger partial charge in [-0.2, -0.15) is 0 Å². The monoisotopic (exact) mass is 586 g/mol. The molecule has 5 heteroatoms. The Balaban J connectivity index is 0.000000983. The third kappa shape index (κ3) is 6.47. The van der Waals surface area contributed by atoms with E-state index >= 15 is 0 Å². The molecule has 0 aliphatic rings. The van der Waals surface area contributed by atoms with E-state index in [1.807, 2.05) is 48.8 Å². The summed E-state index contributed by atoms with van der Waals surface area (Å²) in [5.74, 6) is 0. The zero-order valence-electron chi connectivity index (χ0n) is 20.9. The first-order valence-electron chi connectivity index (χ1n) is 12.4. The van der Waals surface area contributed by atoms with Gasteiger partial charge in [0.2, 0.25) is 0 Å². The quantitative estimate of drug-likeness (QED) is 0.142. The minimum atomic E-state index is 0.194. The molecule has 0 radical (unpaired) electrons. The Morgan fingerprint density at radius 3 is 1.21 bits per heavy atom. The van der Waals surface area contributed by atoms with Crippen LogP contribution >= 0.6 is 20.2 Å². The van der Waals surface area contributed by atoms with E-state index in [2.05, 4.69) is 97.1 Å². The molecule has 6 aromatic carbocycles. The Labute approximate surface area is 243 Å². The van der Waals surface area contributed by atoms with Gasteiger partial charge in [0.25, 0.3) is 0 Å². The molecule has 0 heterocycles. The summed E-state index contributed by atoms with van der Waals surface area (Å²) < 4.78 is 0. The molecular weight excluding hydrogens is 563 g/mol. The van der Waals surface area contributed by atoms with Crippen LogP contribution in [0.15, 0.2) is 143 Å². The second kappa shape index (κ2) is 13.4. The molecule has 0 saturated heterocycles. The van der Waals surface area contributed by atoms with Crippen LogP contribution in [0.4, 0.5) is 11.4 Å². The minimum absolute atomic E-state index is 0.194. The molecule has 0 spiro atoms. The van der Waals surface area contributed by atoms with Crippen LogP contribution in [0.2, 0.25) is 0 Å². The number of hydrogen-bond donors (Lipinski definition) is 0. The van der Waals surface area contributed by atoms with E-state index in [1.165, 1.54) is 10.8 Å². The van der Waals surface area contributed by atoms with Crippen LogP contribution in [0, 0.1) is 0 Å². The summed E-state index contributed by atoms with van der Waals surface area (Å²) in [7, 11) is 9.53. The van der Waals surface area contributed by atoms with E-state index in [0.717, 1.165) is 44.4 Å². The van der Waals surface area contributed by atoms with Gasteiger partial charge in [0.05, 0.1) is 11.4 Å². The molecule has 6 rings (SSSR count). The van der Waals surface area contributed by atoms with Crippen LogP contribution in [0.3, 0.4) is 0 Å². The van der Waals surface area contributed by atoms with Crippen molar-refractivity contribution in [3.05, 3.63) is 145 Å². The predicted molar refractivity (Wildman–Crippen MR) is 166 cm³/mol. The summed E-state index contributed by atoms with van der Waals surface area (Å²) in [5, 5.41) is 4.68. The molecule has 39 heavy (non-hydrogen) atoms. The third-order valence-electron chi connectivity index (χ3n) is 6.37. The Kier molecular flexibility index (Phi) is 9.21. The van der Waals surface area contributed by atoms with Crippen molar-refractivity contribution in [2.45, 2.75) is 0 Å². The van der Waals surface area contributed by atoms with Gasteiger partial charge in [-0.3, -0.25) is 9.98 Å². The van der Waals surface area contributed by atoms with Crippen LogP contribution in [0.25, 0.3) is 32.7 Å². The van der Waals surface area contributed by atoms with Crippen LogP contribution in [-0.2, 0) is 13.1 Å². The summed E-state index contributed by atoms with van der Waals surface area (Å²) in [6.07, 6.45) is 3.87. The average molecular weight is 587 g/mol. The zero-order chi connectivity index (χ0) is 26.9. The molecule has 0 amide bonds. The first kappa shape index (κ1) is 26.9. The molecule has 192 valence electrons. The van der Waals surface area contributed by atoms with Crippen molar-refractivity contribution in [1.82, 2.24) is 0 Å². The molecule has 0 atom stereocenters. The first-order valence-corrected chi connectivity index (χ1v) is 15.4. The molecular formula is C34H24Cl2FeN2. The summed E-state index contributed by atoms with van der Waals surface area (Å²) in [5.41, 5.74) is 6.17. The van der Waals surface area contributed by atoms with Gasteiger partial charge in [-0.15, -0.1) is 0 Å².